The summed E-state index contributed by atoms with van der Waals surface area (Å²) in [6.45, 7) is 6.43. The van der Waals surface area contributed by atoms with Crippen LogP contribution in [0.4, 0.5) is 11.4 Å². The van der Waals surface area contributed by atoms with Crippen LogP contribution in [0.5, 0.6) is 5.75 Å². The van der Waals surface area contributed by atoms with Gasteiger partial charge in [0.1, 0.15) is 12.4 Å². The lowest BCUT2D eigenvalue weighted by molar-refractivity contribution is -0.123. The van der Waals surface area contributed by atoms with Crippen LogP contribution in [0.15, 0.2) is 46.9 Å². The molecule has 0 atom stereocenters. The monoisotopic (exact) mass is 448 g/mol. The molecular formula is C21H25BrN2O4. The minimum atomic E-state index is -0.501. The molecule has 7 heteroatoms. The summed E-state index contributed by atoms with van der Waals surface area (Å²) in [5.74, 6) is 0.285. The Morgan fingerprint density at radius 3 is 2.29 bits per heavy atom. The first kappa shape index (κ1) is 21.9. The molecule has 0 saturated carbocycles. The van der Waals surface area contributed by atoms with E-state index in [1.807, 2.05) is 20.8 Å². The Morgan fingerprint density at radius 1 is 1.00 bits per heavy atom. The predicted molar refractivity (Wildman–Crippen MR) is 114 cm³/mol. The van der Waals surface area contributed by atoms with Gasteiger partial charge < -0.3 is 20.1 Å². The largest absolute Gasteiger partial charge is 0.490 e. The zero-order valence-corrected chi connectivity index (χ0v) is 18.1. The number of hydrogen-bond acceptors (Lipinski definition) is 4. The fraction of sp³-hybridized carbons (Fsp3) is 0.333. The van der Waals surface area contributed by atoms with Crippen molar-refractivity contribution in [2.45, 2.75) is 20.8 Å². The summed E-state index contributed by atoms with van der Waals surface area (Å²) in [4.78, 5) is 24.7. The van der Waals surface area contributed by atoms with Crippen LogP contribution in [0.3, 0.4) is 0 Å². The van der Waals surface area contributed by atoms with Crippen molar-refractivity contribution in [2.75, 3.05) is 31.0 Å². The molecule has 28 heavy (non-hydrogen) atoms. The van der Waals surface area contributed by atoms with E-state index < -0.39 is 5.41 Å². The van der Waals surface area contributed by atoms with Crippen molar-refractivity contribution in [2.24, 2.45) is 5.41 Å². The van der Waals surface area contributed by atoms with Crippen LogP contribution in [-0.4, -0.2) is 32.1 Å². The quantitative estimate of drug-likeness (QED) is 0.601. The number of anilines is 2. The van der Waals surface area contributed by atoms with Crippen molar-refractivity contribution in [1.82, 2.24) is 0 Å². The van der Waals surface area contributed by atoms with Crippen LogP contribution >= 0.6 is 15.9 Å². The molecule has 0 aromatic heterocycles. The van der Waals surface area contributed by atoms with E-state index in [0.717, 1.165) is 0 Å². The smallest absolute Gasteiger partial charge is 0.255 e. The highest BCUT2D eigenvalue weighted by Crippen LogP contribution is 2.27. The highest BCUT2D eigenvalue weighted by molar-refractivity contribution is 9.10. The van der Waals surface area contributed by atoms with Crippen molar-refractivity contribution in [3.63, 3.8) is 0 Å². The standard InChI is InChI=1S/C21H25BrN2O4/c1-21(2,3)20(26)24-16-7-5-6-15(13-16)23-19(25)14-8-9-18(17(22)12-14)28-11-10-27-4/h5-9,12-13H,10-11H2,1-4H3,(H,23,25)(H,24,26). The Morgan fingerprint density at radius 2 is 1.68 bits per heavy atom. The number of methoxy groups -OCH3 is 1. The van der Waals surface area contributed by atoms with Gasteiger partial charge in [-0.2, -0.15) is 0 Å². The lowest BCUT2D eigenvalue weighted by atomic mass is 9.95. The summed E-state index contributed by atoms with van der Waals surface area (Å²) in [6.07, 6.45) is 0. The molecule has 0 aliphatic heterocycles. The van der Waals surface area contributed by atoms with Gasteiger partial charge in [0.15, 0.2) is 0 Å². The zero-order chi connectivity index (χ0) is 20.7. The minimum absolute atomic E-state index is 0.0935. The number of carbonyl (C=O) groups excluding carboxylic acids is 2. The van der Waals surface area contributed by atoms with Crippen LogP contribution in [0, 0.1) is 5.41 Å². The summed E-state index contributed by atoms with van der Waals surface area (Å²) in [5.41, 5.74) is 1.20. The molecule has 0 bridgehead atoms. The molecule has 2 amide bonds. The maximum absolute atomic E-state index is 12.6. The van der Waals surface area contributed by atoms with Gasteiger partial charge in [0, 0.05) is 29.5 Å². The third-order valence-corrected chi connectivity index (χ3v) is 4.42. The van der Waals surface area contributed by atoms with Gasteiger partial charge in [-0.1, -0.05) is 26.8 Å². The highest BCUT2D eigenvalue weighted by Gasteiger charge is 2.21. The van der Waals surface area contributed by atoms with E-state index in [4.69, 9.17) is 9.47 Å². The fourth-order valence-electron chi connectivity index (χ4n) is 2.19. The van der Waals surface area contributed by atoms with Crippen LogP contribution < -0.4 is 15.4 Å². The molecule has 0 radical (unpaired) electrons. The Bertz CT molecular complexity index is 847. The van der Waals surface area contributed by atoms with Gasteiger partial charge in [-0.15, -0.1) is 0 Å². The molecule has 0 spiro atoms. The molecule has 0 fully saturated rings. The van der Waals surface area contributed by atoms with Gasteiger partial charge in [-0.05, 0) is 52.3 Å². The first-order chi connectivity index (χ1) is 13.2. The number of hydrogen-bond donors (Lipinski definition) is 2. The van der Waals surface area contributed by atoms with E-state index in [1.165, 1.54) is 0 Å². The van der Waals surface area contributed by atoms with E-state index in [-0.39, 0.29) is 11.8 Å². The number of rotatable bonds is 7. The maximum Gasteiger partial charge on any atom is 0.255 e. The van der Waals surface area contributed by atoms with Gasteiger partial charge in [0.25, 0.3) is 5.91 Å². The average molecular weight is 449 g/mol. The SMILES string of the molecule is COCCOc1ccc(C(=O)Nc2cccc(NC(=O)C(C)(C)C)c2)cc1Br. The average Bonchev–Trinajstić information content (AvgIpc) is 2.62. The van der Waals surface area contributed by atoms with Gasteiger partial charge in [-0.3, -0.25) is 9.59 Å². The fourth-order valence-corrected chi connectivity index (χ4v) is 2.68. The molecule has 0 unspecified atom stereocenters. The summed E-state index contributed by atoms with van der Waals surface area (Å²) < 4.78 is 11.2. The Labute approximate surface area is 173 Å². The summed E-state index contributed by atoms with van der Waals surface area (Å²) >= 11 is 3.42. The normalized spacial score (nSPS) is 11.0. The molecule has 0 heterocycles. The molecule has 0 aliphatic carbocycles. The number of ether oxygens (including phenoxy) is 2. The van der Waals surface area contributed by atoms with Crippen molar-refractivity contribution < 1.29 is 19.1 Å². The number of benzene rings is 2. The van der Waals surface area contributed by atoms with Crippen molar-refractivity contribution in [3.8, 4) is 5.75 Å². The topological polar surface area (TPSA) is 76.7 Å². The maximum atomic E-state index is 12.6. The summed E-state index contributed by atoms with van der Waals surface area (Å²) in [6, 6.07) is 12.2. The molecule has 2 aromatic rings. The number of nitrogens with one attached hydrogen (secondary N) is 2. The highest BCUT2D eigenvalue weighted by atomic mass is 79.9. The molecular weight excluding hydrogens is 424 g/mol. The first-order valence-electron chi connectivity index (χ1n) is 8.85. The van der Waals surface area contributed by atoms with Crippen LogP contribution in [-0.2, 0) is 9.53 Å². The molecule has 0 saturated heterocycles. The third-order valence-electron chi connectivity index (χ3n) is 3.80. The van der Waals surface area contributed by atoms with Gasteiger partial charge >= 0.3 is 0 Å². The predicted octanol–water partition coefficient (Wildman–Crippen LogP) is 4.71. The molecule has 2 N–H and O–H groups in total. The van der Waals surface area contributed by atoms with Gasteiger partial charge in [0.05, 0.1) is 11.1 Å². The van der Waals surface area contributed by atoms with Gasteiger partial charge in [-0.25, -0.2) is 0 Å². The van der Waals surface area contributed by atoms with Crippen LogP contribution in [0.25, 0.3) is 0 Å². The second kappa shape index (κ2) is 9.71. The number of carbonyl (C=O) groups is 2. The van der Waals surface area contributed by atoms with E-state index >= 15 is 0 Å². The molecule has 0 aliphatic rings. The second-order valence-corrected chi connectivity index (χ2v) is 8.08. The Kier molecular flexibility index (Phi) is 7.60. The van der Waals surface area contributed by atoms with E-state index in [9.17, 15) is 9.59 Å². The van der Waals surface area contributed by atoms with E-state index in [1.54, 1.807) is 49.6 Å². The molecule has 2 aromatic carbocycles. The van der Waals surface area contributed by atoms with Crippen molar-refractivity contribution in [1.29, 1.82) is 0 Å². The summed E-state index contributed by atoms with van der Waals surface area (Å²) in [5, 5.41) is 5.69. The van der Waals surface area contributed by atoms with Crippen LogP contribution in [0.2, 0.25) is 0 Å². The van der Waals surface area contributed by atoms with Crippen molar-refractivity contribution >= 4 is 39.1 Å². The van der Waals surface area contributed by atoms with Gasteiger partial charge in [0.2, 0.25) is 5.91 Å². The minimum Gasteiger partial charge on any atom is -0.490 e. The first-order valence-corrected chi connectivity index (χ1v) is 9.64. The Hall–Kier alpha value is -2.38. The number of amides is 2. The van der Waals surface area contributed by atoms with E-state index in [0.29, 0.717) is 40.4 Å². The zero-order valence-electron chi connectivity index (χ0n) is 16.5. The lowest BCUT2D eigenvalue weighted by Crippen LogP contribution is -2.27. The molecule has 6 nitrogen and oxygen atoms in total. The van der Waals surface area contributed by atoms with Crippen molar-refractivity contribution in [3.05, 3.63) is 52.5 Å². The second-order valence-electron chi connectivity index (χ2n) is 7.23. The molecule has 150 valence electrons. The Balaban J connectivity index is 2.05. The summed E-state index contributed by atoms with van der Waals surface area (Å²) in [7, 11) is 1.61. The molecule has 2 rings (SSSR count). The lowest BCUT2D eigenvalue weighted by Gasteiger charge is -2.18. The number of halogens is 1. The van der Waals surface area contributed by atoms with E-state index in [2.05, 4.69) is 26.6 Å². The van der Waals surface area contributed by atoms with Crippen LogP contribution in [0.1, 0.15) is 31.1 Å². The third kappa shape index (κ3) is 6.35.